The van der Waals surface area contributed by atoms with Crippen LogP contribution in [0.3, 0.4) is 0 Å². The number of carbonyl (C=O) groups is 2. The van der Waals surface area contributed by atoms with E-state index in [-0.39, 0.29) is 11.9 Å². The van der Waals surface area contributed by atoms with Crippen LogP contribution in [-0.2, 0) is 9.59 Å². The van der Waals surface area contributed by atoms with Crippen LogP contribution in [0.1, 0.15) is 33.1 Å². The number of primary amides is 1. The van der Waals surface area contributed by atoms with Crippen LogP contribution in [0, 0.1) is 5.41 Å². The highest BCUT2D eigenvalue weighted by atomic mass is 16.4. The van der Waals surface area contributed by atoms with E-state index in [2.05, 4.69) is 0 Å². The first kappa shape index (κ1) is 13.0. The molecule has 1 aliphatic rings. The van der Waals surface area contributed by atoms with Gasteiger partial charge in [-0.05, 0) is 26.2 Å². The molecule has 0 aliphatic carbocycles. The van der Waals surface area contributed by atoms with Crippen LogP contribution in [-0.4, -0.2) is 41.0 Å². The minimum atomic E-state index is -0.751. The molecule has 0 aromatic carbocycles. The van der Waals surface area contributed by atoms with Crippen molar-refractivity contribution in [3.8, 4) is 0 Å². The van der Waals surface area contributed by atoms with Gasteiger partial charge in [0.15, 0.2) is 0 Å². The highest BCUT2D eigenvalue weighted by Gasteiger charge is 2.38. The van der Waals surface area contributed by atoms with Gasteiger partial charge < -0.3 is 10.8 Å². The van der Waals surface area contributed by atoms with Gasteiger partial charge in [-0.3, -0.25) is 14.5 Å². The Morgan fingerprint density at radius 3 is 2.25 bits per heavy atom. The Bertz CT molecular complexity index is 283. The zero-order chi connectivity index (χ0) is 12.3. The Hall–Kier alpha value is -1.10. The summed E-state index contributed by atoms with van der Waals surface area (Å²) in [6, 6.07) is -0.252. The fraction of sp³-hybridized carbons (Fsp3) is 0.818. The number of nitrogens with two attached hydrogens (primary N) is 1. The van der Waals surface area contributed by atoms with Crippen molar-refractivity contribution in [1.82, 2.24) is 4.90 Å². The summed E-state index contributed by atoms with van der Waals surface area (Å²) in [5.41, 5.74) is 4.66. The van der Waals surface area contributed by atoms with Gasteiger partial charge in [-0.1, -0.05) is 6.92 Å². The lowest BCUT2D eigenvalue weighted by Gasteiger charge is -2.39. The number of carboxylic acid groups (broad SMARTS) is 1. The largest absolute Gasteiger partial charge is 0.481 e. The van der Waals surface area contributed by atoms with Crippen molar-refractivity contribution in [1.29, 1.82) is 0 Å². The van der Waals surface area contributed by atoms with E-state index in [9.17, 15) is 9.59 Å². The van der Waals surface area contributed by atoms with Gasteiger partial charge in [0.25, 0.3) is 0 Å². The van der Waals surface area contributed by atoms with Crippen molar-refractivity contribution < 1.29 is 14.7 Å². The minimum Gasteiger partial charge on any atom is -0.481 e. The van der Waals surface area contributed by atoms with Gasteiger partial charge in [-0.15, -0.1) is 0 Å². The van der Waals surface area contributed by atoms with E-state index in [1.807, 2.05) is 11.8 Å². The number of hydrogen-bond acceptors (Lipinski definition) is 3. The van der Waals surface area contributed by atoms with E-state index in [1.165, 1.54) is 0 Å². The monoisotopic (exact) mass is 228 g/mol. The maximum atomic E-state index is 11.2. The van der Waals surface area contributed by atoms with E-state index >= 15 is 0 Å². The zero-order valence-corrected chi connectivity index (χ0v) is 9.90. The lowest BCUT2D eigenvalue weighted by Crippen LogP contribution is -2.51. The normalized spacial score (nSPS) is 22.6. The first-order valence-corrected chi connectivity index (χ1v) is 5.67. The molecule has 92 valence electrons. The topological polar surface area (TPSA) is 83.6 Å². The van der Waals surface area contributed by atoms with Crippen molar-refractivity contribution in [2.75, 3.05) is 13.1 Å². The van der Waals surface area contributed by atoms with Gasteiger partial charge in [0.2, 0.25) is 5.91 Å². The van der Waals surface area contributed by atoms with Crippen molar-refractivity contribution in [2.24, 2.45) is 11.1 Å². The summed E-state index contributed by atoms with van der Waals surface area (Å²) in [5.74, 6) is -1.07. The predicted molar refractivity (Wildman–Crippen MR) is 59.8 cm³/mol. The molecule has 0 aromatic rings. The summed E-state index contributed by atoms with van der Waals surface area (Å²) in [6.07, 6.45) is 1.83. The SMILES string of the molecule is CCC(C(N)=O)N1CCC(C)(C(=O)O)CC1. The predicted octanol–water partition coefficient (Wildman–Crippen LogP) is 0.437. The molecule has 0 radical (unpaired) electrons. The van der Waals surface area contributed by atoms with Gasteiger partial charge in [-0.2, -0.15) is 0 Å². The second-order valence-corrected chi connectivity index (χ2v) is 4.73. The number of amides is 1. The van der Waals surface area contributed by atoms with Crippen LogP contribution in [0.15, 0.2) is 0 Å². The molecule has 0 aromatic heterocycles. The molecule has 5 heteroatoms. The molecular formula is C11H20N2O3. The van der Waals surface area contributed by atoms with E-state index in [1.54, 1.807) is 6.92 Å². The van der Waals surface area contributed by atoms with Crippen molar-refractivity contribution in [2.45, 2.75) is 39.2 Å². The molecule has 1 rings (SSSR count). The first-order valence-electron chi connectivity index (χ1n) is 5.67. The van der Waals surface area contributed by atoms with Gasteiger partial charge in [0.1, 0.15) is 0 Å². The minimum absolute atomic E-state index is 0.252. The van der Waals surface area contributed by atoms with Crippen molar-refractivity contribution in [3.05, 3.63) is 0 Å². The standard InChI is InChI=1S/C11H20N2O3/c1-3-8(9(12)14)13-6-4-11(2,5-7-13)10(15)16/h8H,3-7H2,1-2H3,(H2,12,14)(H,15,16). The molecule has 1 atom stereocenters. The second-order valence-electron chi connectivity index (χ2n) is 4.73. The molecule has 0 spiro atoms. The Balaban J connectivity index is 2.61. The summed E-state index contributed by atoms with van der Waals surface area (Å²) >= 11 is 0. The van der Waals surface area contributed by atoms with Crippen molar-refractivity contribution in [3.63, 3.8) is 0 Å². The maximum absolute atomic E-state index is 11.2. The first-order chi connectivity index (χ1) is 7.40. The quantitative estimate of drug-likeness (QED) is 0.731. The Morgan fingerprint density at radius 2 is 1.94 bits per heavy atom. The van der Waals surface area contributed by atoms with Crippen LogP contribution in [0.4, 0.5) is 0 Å². The van der Waals surface area contributed by atoms with Gasteiger partial charge in [0.05, 0.1) is 11.5 Å². The molecule has 1 fully saturated rings. The van der Waals surface area contributed by atoms with Gasteiger partial charge in [0, 0.05) is 13.1 Å². The van der Waals surface area contributed by atoms with E-state index in [0.29, 0.717) is 32.4 Å². The Kier molecular flexibility index (Phi) is 3.91. The number of nitrogens with zero attached hydrogens (tertiary/aromatic N) is 1. The molecule has 3 N–H and O–H groups in total. The molecule has 1 aliphatic heterocycles. The molecule has 1 unspecified atom stereocenters. The fourth-order valence-corrected chi connectivity index (χ4v) is 2.18. The van der Waals surface area contributed by atoms with Crippen LogP contribution >= 0.6 is 0 Å². The molecule has 0 bridgehead atoms. The van der Waals surface area contributed by atoms with Crippen LogP contribution in [0.2, 0.25) is 0 Å². The number of hydrogen-bond donors (Lipinski definition) is 2. The Morgan fingerprint density at radius 1 is 1.44 bits per heavy atom. The molecular weight excluding hydrogens is 208 g/mol. The highest BCUT2D eigenvalue weighted by Crippen LogP contribution is 2.32. The molecule has 0 saturated carbocycles. The van der Waals surface area contributed by atoms with Crippen LogP contribution < -0.4 is 5.73 Å². The van der Waals surface area contributed by atoms with Gasteiger partial charge >= 0.3 is 5.97 Å². The smallest absolute Gasteiger partial charge is 0.309 e. The van der Waals surface area contributed by atoms with Crippen LogP contribution in [0.25, 0.3) is 0 Å². The second kappa shape index (κ2) is 4.82. The third kappa shape index (κ3) is 2.52. The molecule has 5 nitrogen and oxygen atoms in total. The summed E-state index contributed by atoms with van der Waals surface area (Å²) in [6.45, 7) is 4.94. The summed E-state index contributed by atoms with van der Waals surface area (Å²) in [7, 11) is 0. The lowest BCUT2D eigenvalue weighted by molar-refractivity contribution is -0.151. The average molecular weight is 228 g/mol. The van der Waals surface area contributed by atoms with E-state index in [4.69, 9.17) is 10.8 Å². The highest BCUT2D eigenvalue weighted by molar-refractivity contribution is 5.80. The molecule has 16 heavy (non-hydrogen) atoms. The summed E-state index contributed by atoms with van der Waals surface area (Å²) in [5, 5.41) is 9.08. The third-order valence-corrected chi connectivity index (χ3v) is 3.57. The summed E-state index contributed by atoms with van der Waals surface area (Å²) in [4.78, 5) is 24.2. The summed E-state index contributed by atoms with van der Waals surface area (Å²) < 4.78 is 0. The lowest BCUT2D eigenvalue weighted by atomic mass is 9.80. The maximum Gasteiger partial charge on any atom is 0.309 e. The zero-order valence-electron chi connectivity index (χ0n) is 9.90. The van der Waals surface area contributed by atoms with E-state index < -0.39 is 11.4 Å². The number of piperidine rings is 1. The number of carbonyl (C=O) groups excluding carboxylic acids is 1. The van der Waals surface area contributed by atoms with Gasteiger partial charge in [-0.25, -0.2) is 0 Å². The fourth-order valence-electron chi connectivity index (χ4n) is 2.18. The van der Waals surface area contributed by atoms with Crippen LogP contribution in [0.5, 0.6) is 0 Å². The molecule has 1 heterocycles. The number of rotatable bonds is 4. The average Bonchev–Trinajstić information content (AvgIpc) is 2.21. The van der Waals surface area contributed by atoms with Crippen molar-refractivity contribution >= 4 is 11.9 Å². The number of aliphatic carboxylic acids is 1. The number of likely N-dealkylation sites (tertiary alicyclic amines) is 1. The third-order valence-electron chi connectivity index (χ3n) is 3.57. The Labute approximate surface area is 95.6 Å². The number of carboxylic acids is 1. The molecule has 1 amide bonds. The van der Waals surface area contributed by atoms with E-state index in [0.717, 1.165) is 0 Å². The molecule has 1 saturated heterocycles.